The standard InChI is InChI=1S/C31H40N6O6/c1-18(2)14-24(35-28(39)22(32)12-13-27(33)38)29(40)36-25(16-20-17-34-23-11-7-6-10-21(20)23)30(41)37-26(31(42)43)15-19-8-4-3-5-9-19/h3-11,17-18,22,24-26,34H,12-16,32H2,1-2H3,(H2,33,38)(H,35,39)(H,36,40)(H,37,41)(H,42,43). The van der Waals surface area contributed by atoms with Gasteiger partial charge in [-0.15, -0.1) is 0 Å². The minimum Gasteiger partial charge on any atom is -0.480 e. The van der Waals surface area contributed by atoms with Gasteiger partial charge in [-0.25, -0.2) is 4.79 Å². The van der Waals surface area contributed by atoms with E-state index in [0.717, 1.165) is 22.0 Å². The molecule has 2 aromatic carbocycles. The molecule has 0 saturated carbocycles. The molecule has 3 aromatic rings. The van der Waals surface area contributed by atoms with E-state index in [4.69, 9.17) is 11.5 Å². The van der Waals surface area contributed by atoms with Crippen molar-refractivity contribution in [2.75, 3.05) is 0 Å². The number of aliphatic carboxylic acids is 1. The molecular formula is C31H40N6O6. The Hall–Kier alpha value is -4.71. The van der Waals surface area contributed by atoms with E-state index in [1.807, 2.05) is 44.2 Å². The Morgan fingerprint density at radius 2 is 1.42 bits per heavy atom. The largest absolute Gasteiger partial charge is 0.480 e. The highest BCUT2D eigenvalue weighted by molar-refractivity contribution is 5.95. The van der Waals surface area contributed by atoms with Crippen LogP contribution in [0.2, 0.25) is 0 Å². The number of rotatable bonds is 16. The summed E-state index contributed by atoms with van der Waals surface area (Å²) in [6.07, 6.45) is 2.01. The molecule has 4 atom stereocenters. The third-order valence-corrected chi connectivity index (χ3v) is 7.01. The minimum atomic E-state index is -1.24. The van der Waals surface area contributed by atoms with Gasteiger partial charge in [0.05, 0.1) is 6.04 Å². The third kappa shape index (κ3) is 9.96. The predicted molar refractivity (Wildman–Crippen MR) is 161 cm³/mol. The van der Waals surface area contributed by atoms with Crippen molar-refractivity contribution in [2.45, 2.75) is 70.1 Å². The van der Waals surface area contributed by atoms with Crippen molar-refractivity contribution in [1.82, 2.24) is 20.9 Å². The summed E-state index contributed by atoms with van der Waals surface area (Å²) in [5.41, 5.74) is 13.4. The number of carbonyl (C=O) groups excluding carboxylic acids is 4. The lowest BCUT2D eigenvalue weighted by Gasteiger charge is -2.26. The van der Waals surface area contributed by atoms with Gasteiger partial charge in [-0.1, -0.05) is 62.4 Å². The number of carboxylic acids is 1. The number of hydrogen-bond donors (Lipinski definition) is 7. The molecule has 4 amide bonds. The van der Waals surface area contributed by atoms with Crippen LogP contribution in [0.4, 0.5) is 0 Å². The van der Waals surface area contributed by atoms with Gasteiger partial charge in [0.25, 0.3) is 0 Å². The molecule has 3 rings (SSSR count). The first-order valence-electron chi connectivity index (χ1n) is 14.2. The highest BCUT2D eigenvalue weighted by Crippen LogP contribution is 2.20. The summed E-state index contributed by atoms with van der Waals surface area (Å²) in [4.78, 5) is 66.3. The van der Waals surface area contributed by atoms with Crippen molar-refractivity contribution in [3.05, 3.63) is 71.9 Å². The number of aromatic nitrogens is 1. The van der Waals surface area contributed by atoms with Gasteiger partial charge >= 0.3 is 5.97 Å². The number of para-hydroxylation sites is 1. The lowest BCUT2D eigenvalue weighted by atomic mass is 9.99. The van der Waals surface area contributed by atoms with Crippen LogP contribution in [0.15, 0.2) is 60.8 Å². The topological polar surface area (TPSA) is 209 Å². The number of amides is 4. The predicted octanol–water partition coefficient (Wildman–Crippen LogP) is 1.13. The number of nitrogens with two attached hydrogens (primary N) is 2. The maximum Gasteiger partial charge on any atom is 0.326 e. The number of primary amides is 1. The first-order chi connectivity index (χ1) is 20.4. The fourth-order valence-electron chi connectivity index (χ4n) is 4.73. The van der Waals surface area contributed by atoms with Crippen LogP contribution in [-0.4, -0.2) is 63.9 Å². The van der Waals surface area contributed by atoms with E-state index in [0.29, 0.717) is 0 Å². The lowest BCUT2D eigenvalue weighted by molar-refractivity contribution is -0.142. The molecule has 0 spiro atoms. The minimum absolute atomic E-state index is 0.0129. The average Bonchev–Trinajstić information content (AvgIpc) is 3.37. The van der Waals surface area contributed by atoms with E-state index in [2.05, 4.69) is 20.9 Å². The van der Waals surface area contributed by atoms with E-state index in [9.17, 15) is 29.1 Å². The quantitative estimate of drug-likeness (QED) is 0.129. The number of benzene rings is 2. The van der Waals surface area contributed by atoms with Gasteiger partial charge in [0.2, 0.25) is 23.6 Å². The van der Waals surface area contributed by atoms with Crippen LogP contribution in [0, 0.1) is 5.92 Å². The summed E-state index contributed by atoms with van der Waals surface area (Å²) in [7, 11) is 0. The number of aromatic amines is 1. The second-order valence-electron chi connectivity index (χ2n) is 11.0. The first-order valence-corrected chi connectivity index (χ1v) is 14.2. The molecule has 0 saturated heterocycles. The Morgan fingerprint density at radius 1 is 0.814 bits per heavy atom. The smallest absolute Gasteiger partial charge is 0.326 e. The maximum absolute atomic E-state index is 13.6. The van der Waals surface area contributed by atoms with Crippen LogP contribution in [0.3, 0.4) is 0 Å². The van der Waals surface area contributed by atoms with E-state index in [-0.39, 0.29) is 38.0 Å². The Balaban J connectivity index is 1.84. The van der Waals surface area contributed by atoms with Crippen LogP contribution in [0.1, 0.15) is 44.2 Å². The van der Waals surface area contributed by atoms with Gasteiger partial charge in [-0.2, -0.15) is 0 Å². The summed E-state index contributed by atoms with van der Waals surface area (Å²) >= 11 is 0. The fraction of sp³-hybridized carbons (Fsp3) is 0.387. The molecule has 0 fully saturated rings. The summed E-state index contributed by atoms with van der Waals surface area (Å²) in [5.74, 6) is -3.77. The molecule has 1 aromatic heterocycles. The Labute approximate surface area is 250 Å². The Morgan fingerprint density at radius 3 is 2.07 bits per heavy atom. The fourth-order valence-corrected chi connectivity index (χ4v) is 4.73. The molecule has 12 nitrogen and oxygen atoms in total. The van der Waals surface area contributed by atoms with Crippen LogP contribution < -0.4 is 27.4 Å². The van der Waals surface area contributed by atoms with Gasteiger partial charge in [0.15, 0.2) is 0 Å². The number of nitrogens with one attached hydrogen (secondary N) is 4. The number of carboxylic acid groups (broad SMARTS) is 1. The van der Waals surface area contributed by atoms with Gasteiger partial charge in [0, 0.05) is 36.4 Å². The van der Waals surface area contributed by atoms with Crippen molar-refractivity contribution in [1.29, 1.82) is 0 Å². The molecule has 1 heterocycles. The molecule has 0 radical (unpaired) electrons. The zero-order chi connectivity index (χ0) is 31.5. The van der Waals surface area contributed by atoms with Crippen molar-refractivity contribution in [2.24, 2.45) is 17.4 Å². The maximum atomic E-state index is 13.6. The van der Waals surface area contributed by atoms with Crippen LogP contribution >= 0.6 is 0 Å². The molecule has 4 unspecified atom stereocenters. The van der Waals surface area contributed by atoms with Crippen LogP contribution in [0.25, 0.3) is 10.9 Å². The summed E-state index contributed by atoms with van der Waals surface area (Å²) in [6.45, 7) is 3.74. The van der Waals surface area contributed by atoms with Crippen LogP contribution in [-0.2, 0) is 36.8 Å². The van der Waals surface area contributed by atoms with Gasteiger partial charge in [-0.3, -0.25) is 19.2 Å². The van der Waals surface area contributed by atoms with Gasteiger partial charge in [0.1, 0.15) is 18.1 Å². The van der Waals surface area contributed by atoms with Gasteiger partial charge in [-0.05, 0) is 36.0 Å². The Kier molecular flexibility index (Phi) is 11.8. The summed E-state index contributed by atoms with van der Waals surface area (Å²) in [5, 5.41) is 18.7. The number of H-pyrrole nitrogens is 1. The zero-order valence-electron chi connectivity index (χ0n) is 24.3. The summed E-state index contributed by atoms with van der Waals surface area (Å²) < 4.78 is 0. The SMILES string of the molecule is CC(C)CC(NC(=O)C(N)CCC(N)=O)C(=O)NC(Cc1c[nH]c2ccccc12)C(=O)NC(Cc1ccccc1)C(=O)O. The normalized spacial score (nSPS) is 14.0. The van der Waals surface area contributed by atoms with E-state index < -0.39 is 53.8 Å². The van der Waals surface area contributed by atoms with Gasteiger partial charge < -0.3 is 37.5 Å². The van der Waals surface area contributed by atoms with E-state index >= 15 is 0 Å². The van der Waals surface area contributed by atoms with E-state index in [1.54, 1.807) is 30.5 Å². The molecule has 0 bridgehead atoms. The molecular weight excluding hydrogens is 552 g/mol. The zero-order valence-corrected chi connectivity index (χ0v) is 24.3. The van der Waals surface area contributed by atoms with Crippen molar-refractivity contribution in [3.8, 4) is 0 Å². The van der Waals surface area contributed by atoms with Crippen LogP contribution in [0.5, 0.6) is 0 Å². The molecule has 0 aliphatic carbocycles. The van der Waals surface area contributed by atoms with E-state index in [1.165, 1.54) is 0 Å². The molecule has 12 heteroatoms. The third-order valence-electron chi connectivity index (χ3n) is 7.01. The molecule has 0 aliphatic heterocycles. The molecule has 230 valence electrons. The molecule has 0 aliphatic rings. The Bertz CT molecular complexity index is 1420. The summed E-state index contributed by atoms with van der Waals surface area (Å²) in [6, 6.07) is 11.9. The number of fused-ring (bicyclic) bond motifs is 1. The first kappa shape index (κ1) is 32.8. The van der Waals surface area contributed by atoms with Crippen molar-refractivity contribution in [3.63, 3.8) is 0 Å². The highest BCUT2D eigenvalue weighted by Gasteiger charge is 2.31. The van der Waals surface area contributed by atoms with Crippen molar-refractivity contribution >= 4 is 40.5 Å². The second kappa shape index (κ2) is 15.5. The average molecular weight is 593 g/mol. The molecule has 9 N–H and O–H groups in total. The molecule has 43 heavy (non-hydrogen) atoms. The number of hydrogen-bond acceptors (Lipinski definition) is 6. The van der Waals surface area contributed by atoms with Crippen molar-refractivity contribution < 1.29 is 29.1 Å². The monoisotopic (exact) mass is 592 g/mol. The lowest BCUT2D eigenvalue weighted by Crippen LogP contribution is -2.58. The highest BCUT2D eigenvalue weighted by atomic mass is 16.4. The number of carbonyl (C=O) groups is 5. The second-order valence-corrected chi connectivity index (χ2v) is 11.0.